The monoisotopic (exact) mass is 243 g/mol. The van der Waals surface area contributed by atoms with Crippen molar-refractivity contribution in [1.82, 2.24) is 0 Å². The summed E-state index contributed by atoms with van der Waals surface area (Å²) in [4.78, 5) is 0. The molecule has 0 saturated heterocycles. The summed E-state index contributed by atoms with van der Waals surface area (Å²) in [5, 5.41) is 0. The van der Waals surface area contributed by atoms with Crippen LogP contribution >= 0.6 is 7.60 Å². The summed E-state index contributed by atoms with van der Waals surface area (Å²) in [6.07, 6.45) is 0. The highest BCUT2D eigenvalue weighted by Gasteiger charge is 2.33. The summed E-state index contributed by atoms with van der Waals surface area (Å²) in [6.45, 7) is 4.17. The first kappa shape index (κ1) is 13.4. The molecule has 0 aliphatic heterocycles. The van der Waals surface area contributed by atoms with Gasteiger partial charge in [0.15, 0.2) is 0 Å². The maximum absolute atomic E-state index is 12.3. The number of hydrogen-bond acceptors (Lipinski definition) is 4. The van der Waals surface area contributed by atoms with Crippen molar-refractivity contribution in [2.75, 3.05) is 13.2 Å². The van der Waals surface area contributed by atoms with Gasteiger partial charge in [0, 0.05) is 0 Å². The third-order valence-corrected chi connectivity index (χ3v) is 4.32. The molecule has 16 heavy (non-hydrogen) atoms. The Morgan fingerprint density at radius 1 is 1.19 bits per heavy atom. The van der Waals surface area contributed by atoms with Crippen molar-refractivity contribution in [3.63, 3.8) is 0 Å². The summed E-state index contributed by atoms with van der Waals surface area (Å²) in [6, 6.07) is 9.20. The Hall–Kier alpha value is -0.670. The highest BCUT2D eigenvalue weighted by Crippen LogP contribution is 2.58. The minimum absolute atomic E-state index is 0.317. The molecule has 0 heterocycles. The zero-order valence-electron chi connectivity index (χ0n) is 9.63. The molecule has 0 saturated carbocycles. The van der Waals surface area contributed by atoms with Crippen molar-refractivity contribution in [3.8, 4) is 0 Å². The smallest absolute Gasteiger partial charge is 0.314 e. The number of benzene rings is 1. The second-order valence-electron chi connectivity index (χ2n) is 3.23. The Kier molecular flexibility index (Phi) is 5.16. The summed E-state index contributed by atoms with van der Waals surface area (Å²) in [5.74, 6) is -0.728. The van der Waals surface area contributed by atoms with Crippen LogP contribution in [0, 0.1) is 0 Å². The lowest BCUT2D eigenvalue weighted by Crippen LogP contribution is -2.14. The third kappa shape index (κ3) is 3.16. The molecule has 0 radical (unpaired) electrons. The van der Waals surface area contributed by atoms with Crippen molar-refractivity contribution < 1.29 is 13.6 Å². The van der Waals surface area contributed by atoms with Gasteiger partial charge in [0.05, 0.1) is 13.2 Å². The summed E-state index contributed by atoms with van der Waals surface area (Å²) >= 11 is 0. The average molecular weight is 243 g/mol. The van der Waals surface area contributed by atoms with Crippen molar-refractivity contribution in [3.05, 3.63) is 35.9 Å². The van der Waals surface area contributed by atoms with Crippen LogP contribution in [0.15, 0.2) is 30.3 Å². The SMILES string of the molecule is CCOP(=O)(OCC)[C@H](N)c1ccccc1. The standard InChI is InChI=1S/C11H18NO3P/c1-3-14-16(13,15-4-2)11(12)10-8-6-5-7-9-10/h5-9,11H,3-4,12H2,1-2H3/t11-/m0/s1. The van der Waals surface area contributed by atoms with E-state index in [9.17, 15) is 4.57 Å². The molecule has 2 N–H and O–H groups in total. The van der Waals surface area contributed by atoms with Crippen LogP contribution in [0.25, 0.3) is 0 Å². The van der Waals surface area contributed by atoms with Crippen LogP contribution in [0.5, 0.6) is 0 Å². The Morgan fingerprint density at radius 3 is 2.12 bits per heavy atom. The second-order valence-corrected chi connectivity index (χ2v) is 5.38. The first-order chi connectivity index (χ1) is 7.64. The lowest BCUT2D eigenvalue weighted by atomic mass is 10.2. The first-order valence-electron chi connectivity index (χ1n) is 5.33. The van der Waals surface area contributed by atoms with Crippen molar-refractivity contribution >= 4 is 7.60 Å². The van der Waals surface area contributed by atoms with Gasteiger partial charge >= 0.3 is 7.60 Å². The van der Waals surface area contributed by atoms with Gasteiger partial charge in [-0.2, -0.15) is 0 Å². The highest BCUT2D eigenvalue weighted by molar-refractivity contribution is 7.54. The molecule has 0 amide bonds. The molecule has 1 aromatic rings. The van der Waals surface area contributed by atoms with Crippen LogP contribution in [0.4, 0.5) is 0 Å². The number of nitrogens with two attached hydrogens (primary N) is 1. The van der Waals surface area contributed by atoms with E-state index < -0.39 is 13.4 Å². The molecular weight excluding hydrogens is 225 g/mol. The molecule has 0 unspecified atom stereocenters. The normalized spacial score (nSPS) is 13.7. The van der Waals surface area contributed by atoms with Crippen molar-refractivity contribution in [2.24, 2.45) is 5.73 Å². The largest absolute Gasteiger partial charge is 0.351 e. The molecule has 0 aromatic heterocycles. The van der Waals surface area contributed by atoms with Crippen LogP contribution < -0.4 is 5.73 Å². The molecule has 0 aliphatic carbocycles. The van der Waals surface area contributed by atoms with Gasteiger partial charge in [0.1, 0.15) is 5.78 Å². The Balaban J connectivity index is 2.91. The van der Waals surface area contributed by atoms with Gasteiger partial charge < -0.3 is 14.8 Å². The predicted octanol–water partition coefficient (Wildman–Crippen LogP) is 2.91. The molecule has 5 heteroatoms. The quantitative estimate of drug-likeness (QED) is 0.780. The first-order valence-corrected chi connectivity index (χ1v) is 6.94. The van der Waals surface area contributed by atoms with E-state index in [1.807, 2.05) is 30.3 Å². The Bertz CT molecular complexity index is 346. The highest BCUT2D eigenvalue weighted by atomic mass is 31.2. The van der Waals surface area contributed by atoms with Gasteiger partial charge in [-0.05, 0) is 19.4 Å². The maximum Gasteiger partial charge on any atom is 0.351 e. The van der Waals surface area contributed by atoms with Crippen LogP contribution in [0.2, 0.25) is 0 Å². The summed E-state index contributed by atoms with van der Waals surface area (Å²) in [5.41, 5.74) is 6.69. The fraction of sp³-hybridized carbons (Fsp3) is 0.455. The molecule has 0 aliphatic rings. The zero-order valence-corrected chi connectivity index (χ0v) is 10.5. The molecule has 0 spiro atoms. The fourth-order valence-electron chi connectivity index (χ4n) is 1.39. The van der Waals surface area contributed by atoms with Crippen LogP contribution in [-0.4, -0.2) is 13.2 Å². The molecular formula is C11H18NO3P. The van der Waals surface area contributed by atoms with E-state index in [2.05, 4.69) is 0 Å². The van der Waals surface area contributed by atoms with Gasteiger partial charge in [-0.15, -0.1) is 0 Å². The molecule has 1 atom stereocenters. The molecule has 90 valence electrons. The predicted molar refractivity (Wildman–Crippen MR) is 64.2 cm³/mol. The minimum atomic E-state index is -3.25. The van der Waals surface area contributed by atoms with Gasteiger partial charge in [-0.25, -0.2) is 0 Å². The number of hydrogen-bond donors (Lipinski definition) is 1. The Morgan fingerprint density at radius 2 is 1.69 bits per heavy atom. The van der Waals surface area contributed by atoms with Gasteiger partial charge in [0.25, 0.3) is 0 Å². The van der Waals surface area contributed by atoms with E-state index in [-0.39, 0.29) is 0 Å². The summed E-state index contributed by atoms with van der Waals surface area (Å²) in [7, 11) is -3.25. The van der Waals surface area contributed by atoms with Crippen molar-refractivity contribution in [1.29, 1.82) is 0 Å². The van der Waals surface area contributed by atoms with E-state index in [0.29, 0.717) is 13.2 Å². The molecule has 1 rings (SSSR count). The molecule has 1 aromatic carbocycles. The molecule has 0 bridgehead atoms. The molecule has 4 nitrogen and oxygen atoms in total. The van der Waals surface area contributed by atoms with Gasteiger partial charge in [-0.1, -0.05) is 30.3 Å². The fourth-order valence-corrected chi connectivity index (χ4v) is 3.04. The zero-order chi connectivity index (χ0) is 12.0. The molecule has 0 fully saturated rings. The second kappa shape index (κ2) is 6.16. The lowest BCUT2D eigenvalue weighted by Gasteiger charge is -2.23. The van der Waals surface area contributed by atoms with Crippen LogP contribution in [0.3, 0.4) is 0 Å². The Labute approximate surface area is 96.3 Å². The third-order valence-electron chi connectivity index (χ3n) is 2.10. The minimum Gasteiger partial charge on any atom is -0.314 e. The lowest BCUT2D eigenvalue weighted by molar-refractivity contribution is 0.212. The van der Waals surface area contributed by atoms with E-state index in [0.717, 1.165) is 5.56 Å². The van der Waals surface area contributed by atoms with E-state index in [1.54, 1.807) is 13.8 Å². The number of rotatable bonds is 6. The van der Waals surface area contributed by atoms with E-state index >= 15 is 0 Å². The van der Waals surface area contributed by atoms with Gasteiger partial charge in [0.2, 0.25) is 0 Å². The van der Waals surface area contributed by atoms with E-state index in [4.69, 9.17) is 14.8 Å². The van der Waals surface area contributed by atoms with Gasteiger partial charge in [-0.3, -0.25) is 4.57 Å². The maximum atomic E-state index is 12.3. The van der Waals surface area contributed by atoms with Crippen LogP contribution in [0.1, 0.15) is 25.2 Å². The van der Waals surface area contributed by atoms with Crippen LogP contribution in [-0.2, 0) is 13.6 Å². The summed E-state index contributed by atoms with van der Waals surface area (Å²) < 4.78 is 22.7. The topological polar surface area (TPSA) is 61.5 Å². The van der Waals surface area contributed by atoms with E-state index in [1.165, 1.54) is 0 Å². The van der Waals surface area contributed by atoms with Crippen molar-refractivity contribution in [2.45, 2.75) is 19.6 Å². The average Bonchev–Trinajstić information content (AvgIpc) is 2.30.